The second kappa shape index (κ2) is 9.16. The molecule has 1 amide bonds. The molecule has 2 fully saturated rings. The van der Waals surface area contributed by atoms with Gasteiger partial charge in [-0.3, -0.25) is 9.78 Å². The molecule has 0 radical (unpaired) electrons. The second-order valence-corrected chi connectivity index (χ2v) is 7.44. The number of likely N-dealkylation sites (tertiary alicyclic amines) is 1. The molecule has 2 atom stereocenters. The van der Waals surface area contributed by atoms with E-state index in [-0.39, 0.29) is 5.91 Å². The molecule has 1 aromatic rings. The Balaban J connectivity index is 1.46. The van der Waals surface area contributed by atoms with Crippen molar-refractivity contribution in [3.8, 4) is 0 Å². The molecule has 3 rings (SSSR count). The van der Waals surface area contributed by atoms with Gasteiger partial charge in [-0.05, 0) is 62.7 Å². The van der Waals surface area contributed by atoms with Crippen molar-refractivity contribution in [3.05, 3.63) is 30.1 Å². The highest BCUT2D eigenvalue weighted by molar-refractivity contribution is 5.76. The van der Waals surface area contributed by atoms with E-state index < -0.39 is 0 Å². The van der Waals surface area contributed by atoms with E-state index in [1.165, 1.54) is 58.2 Å². The van der Waals surface area contributed by atoms with Crippen LogP contribution in [0.4, 0.5) is 0 Å². The first-order valence-electron chi connectivity index (χ1n) is 9.72. The first-order chi connectivity index (χ1) is 11.8. The normalized spacial score (nSPS) is 25.3. The van der Waals surface area contributed by atoms with Gasteiger partial charge in [-0.15, -0.1) is 0 Å². The van der Waals surface area contributed by atoms with Gasteiger partial charge in [0, 0.05) is 31.4 Å². The average molecular weight is 329 g/mol. The van der Waals surface area contributed by atoms with Crippen LogP contribution >= 0.6 is 0 Å². The van der Waals surface area contributed by atoms with E-state index in [0.717, 1.165) is 18.4 Å². The van der Waals surface area contributed by atoms with Gasteiger partial charge in [-0.2, -0.15) is 0 Å². The number of nitrogens with one attached hydrogen (secondary N) is 1. The molecule has 2 heterocycles. The number of aryl methyl sites for hydroxylation is 1. The molecule has 1 aliphatic heterocycles. The fraction of sp³-hybridized carbons (Fsp3) is 0.700. The molecule has 0 aromatic carbocycles. The molecule has 132 valence electrons. The fourth-order valence-electron chi connectivity index (χ4n) is 4.17. The smallest absolute Gasteiger partial charge is 0.220 e. The van der Waals surface area contributed by atoms with E-state index in [1.54, 1.807) is 6.20 Å². The third-order valence-corrected chi connectivity index (χ3v) is 5.56. The topological polar surface area (TPSA) is 45.2 Å². The van der Waals surface area contributed by atoms with Crippen LogP contribution in [0.15, 0.2) is 24.5 Å². The summed E-state index contributed by atoms with van der Waals surface area (Å²) in [5.41, 5.74) is 1.14. The van der Waals surface area contributed by atoms with Crippen LogP contribution in [-0.4, -0.2) is 41.5 Å². The lowest BCUT2D eigenvalue weighted by Crippen LogP contribution is -2.47. The third-order valence-electron chi connectivity index (χ3n) is 5.56. The summed E-state index contributed by atoms with van der Waals surface area (Å²) in [6, 6.07) is 4.35. The zero-order valence-corrected chi connectivity index (χ0v) is 14.8. The predicted molar refractivity (Wildman–Crippen MR) is 96.7 cm³/mol. The van der Waals surface area contributed by atoms with Crippen LogP contribution in [0.5, 0.6) is 0 Å². The monoisotopic (exact) mass is 329 g/mol. The molecule has 24 heavy (non-hydrogen) atoms. The van der Waals surface area contributed by atoms with Gasteiger partial charge in [0.15, 0.2) is 0 Å². The number of nitrogens with zero attached hydrogens (tertiary/aromatic N) is 2. The molecule has 0 bridgehead atoms. The van der Waals surface area contributed by atoms with Crippen molar-refractivity contribution in [1.82, 2.24) is 15.2 Å². The van der Waals surface area contributed by atoms with Crippen molar-refractivity contribution in [2.75, 3.05) is 19.6 Å². The average Bonchev–Trinajstić information content (AvgIpc) is 2.63. The van der Waals surface area contributed by atoms with Crippen molar-refractivity contribution in [2.24, 2.45) is 5.92 Å². The first-order valence-corrected chi connectivity index (χ1v) is 9.72. The van der Waals surface area contributed by atoms with Crippen LogP contribution in [0.3, 0.4) is 0 Å². The summed E-state index contributed by atoms with van der Waals surface area (Å²) in [4.78, 5) is 19.1. The fourth-order valence-corrected chi connectivity index (χ4v) is 4.17. The van der Waals surface area contributed by atoms with E-state index in [2.05, 4.69) is 15.2 Å². The number of hydrogen-bond acceptors (Lipinski definition) is 3. The zero-order chi connectivity index (χ0) is 16.6. The maximum Gasteiger partial charge on any atom is 0.220 e. The zero-order valence-electron chi connectivity index (χ0n) is 14.8. The Morgan fingerprint density at radius 2 is 2.00 bits per heavy atom. The van der Waals surface area contributed by atoms with Gasteiger partial charge in [0.1, 0.15) is 0 Å². The number of piperidine rings is 1. The number of aromatic nitrogens is 1. The van der Waals surface area contributed by atoms with Gasteiger partial charge in [-0.25, -0.2) is 0 Å². The number of pyridine rings is 1. The molecular formula is C20H31N3O. The summed E-state index contributed by atoms with van der Waals surface area (Å²) < 4.78 is 0. The lowest BCUT2D eigenvalue weighted by molar-refractivity contribution is -0.122. The van der Waals surface area contributed by atoms with E-state index in [0.29, 0.717) is 18.4 Å². The highest BCUT2D eigenvalue weighted by Gasteiger charge is 2.28. The van der Waals surface area contributed by atoms with Crippen LogP contribution in [0.2, 0.25) is 0 Å². The molecule has 1 N–H and O–H groups in total. The quantitative estimate of drug-likeness (QED) is 0.872. The van der Waals surface area contributed by atoms with Crippen LogP contribution in [0.1, 0.15) is 56.9 Å². The number of hydrogen-bond donors (Lipinski definition) is 1. The maximum absolute atomic E-state index is 12.4. The van der Waals surface area contributed by atoms with Gasteiger partial charge in [0.2, 0.25) is 5.91 Å². The van der Waals surface area contributed by atoms with Crippen LogP contribution in [0.25, 0.3) is 0 Å². The molecule has 1 aliphatic carbocycles. The summed E-state index contributed by atoms with van der Waals surface area (Å²) >= 11 is 0. The van der Waals surface area contributed by atoms with Gasteiger partial charge in [-0.1, -0.05) is 25.3 Å². The molecule has 1 saturated carbocycles. The Kier molecular flexibility index (Phi) is 6.65. The number of amides is 1. The maximum atomic E-state index is 12.4. The molecule has 1 saturated heterocycles. The van der Waals surface area contributed by atoms with Crippen LogP contribution < -0.4 is 5.32 Å². The Bertz CT molecular complexity index is 499. The number of rotatable bonds is 6. The van der Waals surface area contributed by atoms with E-state index >= 15 is 0 Å². The van der Waals surface area contributed by atoms with Crippen molar-refractivity contribution in [3.63, 3.8) is 0 Å². The summed E-state index contributed by atoms with van der Waals surface area (Å²) in [7, 11) is 0. The molecular weight excluding hydrogens is 298 g/mol. The van der Waals surface area contributed by atoms with Gasteiger partial charge in [0.05, 0.1) is 0 Å². The summed E-state index contributed by atoms with van der Waals surface area (Å²) in [6.45, 7) is 3.67. The first kappa shape index (κ1) is 17.4. The molecule has 4 heteroatoms. The third kappa shape index (κ3) is 5.30. The second-order valence-electron chi connectivity index (χ2n) is 7.44. The highest BCUT2D eigenvalue weighted by Crippen LogP contribution is 2.26. The predicted octanol–water partition coefficient (Wildman–Crippen LogP) is 3.18. The van der Waals surface area contributed by atoms with Gasteiger partial charge >= 0.3 is 0 Å². The number of carbonyl (C=O) groups excluding carboxylic acids is 1. The Hall–Kier alpha value is -1.42. The molecule has 4 nitrogen and oxygen atoms in total. The summed E-state index contributed by atoms with van der Waals surface area (Å²) in [5.74, 6) is 0.841. The lowest BCUT2D eigenvalue weighted by Gasteiger charge is -2.37. The van der Waals surface area contributed by atoms with E-state index in [4.69, 9.17) is 0 Å². The lowest BCUT2D eigenvalue weighted by atomic mass is 9.83. The van der Waals surface area contributed by atoms with Gasteiger partial charge < -0.3 is 10.2 Å². The Morgan fingerprint density at radius 3 is 2.79 bits per heavy atom. The summed E-state index contributed by atoms with van der Waals surface area (Å²) in [6.07, 6.45) is 14.0. The minimum absolute atomic E-state index is 0.203. The molecule has 0 spiro atoms. The molecule has 1 aromatic heterocycles. The number of carbonyl (C=O) groups is 1. The van der Waals surface area contributed by atoms with Crippen molar-refractivity contribution < 1.29 is 4.79 Å². The molecule has 0 unspecified atom stereocenters. The van der Waals surface area contributed by atoms with Gasteiger partial charge in [0.25, 0.3) is 0 Å². The van der Waals surface area contributed by atoms with Crippen LogP contribution in [0, 0.1) is 5.92 Å². The Labute approximate surface area is 146 Å². The molecule has 2 aliphatic rings. The van der Waals surface area contributed by atoms with Crippen molar-refractivity contribution in [2.45, 2.75) is 63.8 Å². The standard InChI is InChI=1S/C20H31N3O/c24-20(11-10-17-7-6-12-21-15-17)22-19-9-3-2-8-18(19)16-23-13-4-1-5-14-23/h6-7,12,15,18-19H,1-5,8-11,13-14,16H2,(H,22,24)/t18-,19+/m0/s1. The van der Waals surface area contributed by atoms with E-state index in [9.17, 15) is 4.79 Å². The minimum atomic E-state index is 0.203. The summed E-state index contributed by atoms with van der Waals surface area (Å²) in [5, 5.41) is 3.34. The highest BCUT2D eigenvalue weighted by atomic mass is 16.1. The SMILES string of the molecule is O=C(CCc1cccnc1)N[C@@H]1CCCC[C@H]1CN1CCCCC1. The minimum Gasteiger partial charge on any atom is -0.353 e. The van der Waals surface area contributed by atoms with E-state index in [1.807, 2.05) is 18.3 Å². The van der Waals surface area contributed by atoms with Crippen molar-refractivity contribution >= 4 is 5.91 Å². The van der Waals surface area contributed by atoms with Crippen molar-refractivity contribution in [1.29, 1.82) is 0 Å². The van der Waals surface area contributed by atoms with Crippen LogP contribution in [-0.2, 0) is 11.2 Å². The Morgan fingerprint density at radius 1 is 1.17 bits per heavy atom. The largest absolute Gasteiger partial charge is 0.353 e.